The molecule has 1 amide bonds. The summed E-state index contributed by atoms with van der Waals surface area (Å²) in [5.41, 5.74) is 0.664. The molecule has 2 aromatic carbocycles. The van der Waals surface area contributed by atoms with Crippen LogP contribution in [0.4, 0.5) is 18.9 Å². The standard InChI is InChI=1S/C23H19F3N4O4/c24-12-4-5-16(17(6-12)21(25)26)22-29-19-9-27-8-18(20(19)30-22)23(33)28-13-2-1-3-15(7-13)34-11-14(32)10-31/h1-9,14,21,31-32H,10-11H2,(H,28,33)(H,29,30)/p+1/t14-/m0/s1. The first-order chi connectivity index (χ1) is 16.4. The first-order valence-electron chi connectivity index (χ1n) is 10.2. The van der Waals surface area contributed by atoms with Crippen LogP contribution >= 0.6 is 0 Å². The maximum Gasteiger partial charge on any atom is 0.264 e. The van der Waals surface area contributed by atoms with Crippen molar-refractivity contribution in [2.24, 2.45) is 0 Å². The molecule has 34 heavy (non-hydrogen) atoms. The molecule has 5 N–H and O–H groups in total. The van der Waals surface area contributed by atoms with Gasteiger partial charge < -0.3 is 25.3 Å². The fraction of sp³-hybridized carbons (Fsp3) is 0.174. The van der Waals surface area contributed by atoms with Crippen LogP contribution in [0.15, 0.2) is 54.9 Å². The third kappa shape index (κ3) is 5.00. The van der Waals surface area contributed by atoms with Crippen molar-refractivity contribution in [3.05, 3.63) is 71.8 Å². The van der Waals surface area contributed by atoms with Crippen molar-refractivity contribution < 1.29 is 37.9 Å². The van der Waals surface area contributed by atoms with Crippen molar-refractivity contribution in [3.8, 4) is 17.1 Å². The highest BCUT2D eigenvalue weighted by Gasteiger charge is 2.22. The lowest BCUT2D eigenvalue weighted by Crippen LogP contribution is -2.21. The van der Waals surface area contributed by atoms with Crippen LogP contribution in [0.5, 0.6) is 5.75 Å². The maximum absolute atomic E-state index is 13.5. The number of ether oxygens (including phenoxy) is 1. The fourth-order valence-corrected chi connectivity index (χ4v) is 3.31. The summed E-state index contributed by atoms with van der Waals surface area (Å²) in [7, 11) is 0. The van der Waals surface area contributed by atoms with E-state index in [4.69, 9.17) is 9.84 Å². The average molecular weight is 473 g/mol. The monoisotopic (exact) mass is 473 g/mol. The summed E-state index contributed by atoms with van der Waals surface area (Å²) in [6.45, 7) is -0.568. The number of pyridine rings is 1. The Morgan fingerprint density at radius 3 is 2.79 bits per heavy atom. The number of H-pyrrole nitrogens is 2. The zero-order chi connectivity index (χ0) is 24.2. The zero-order valence-corrected chi connectivity index (χ0v) is 17.6. The van der Waals surface area contributed by atoms with Gasteiger partial charge in [0.05, 0.1) is 6.61 Å². The molecule has 0 unspecified atom stereocenters. The Bertz CT molecular complexity index is 1330. The van der Waals surface area contributed by atoms with Crippen molar-refractivity contribution in [2.45, 2.75) is 12.5 Å². The van der Waals surface area contributed by atoms with Gasteiger partial charge in [-0.1, -0.05) is 6.07 Å². The first-order valence-corrected chi connectivity index (χ1v) is 10.2. The summed E-state index contributed by atoms with van der Waals surface area (Å²) in [6, 6.07) is 9.44. The SMILES string of the molecule is O=C(Nc1cccc(OC[C@@H](O)CO)c1)c1c[nH+]cc2[nH]c(-c3ccc(F)cc3C(F)F)nc12. The van der Waals surface area contributed by atoms with Gasteiger partial charge in [-0.25, -0.2) is 23.1 Å². The molecule has 0 fully saturated rings. The Labute approximate surface area is 191 Å². The van der Waals surface area contributed by atoms with Crippen LogP contribution in [-0.2, 0) is 0 Å². The molecule has 0 aliphatic heterocycles. The minimum Gasteiger partial charge on any atom is -0.491 e. The number of hydrogen-bond acceptors (Lipinski definition) is 5. The molecule has 0 bridgehead atoms. The lowest BCUT2D eigenvalue weighted by molar-refractivity contribution is -0.376. The Morgan fingerprint density at radius 2 is 2.03 bits per heavy atom. The van der Waals surface area contributed by atoms with Gasteiger partial charge in [0.25, 0.3) is 12.3 Å². The van der Waals surface area contributed by atoms with Gasteiger partial charge in [-0.2, -0.15) is 0 Å². The zero-order valence-electron chi connectivity index (χ0n) is 17.6. The third-order valence-corrected chi connectivity index (χ3v) is 4.94. The lowest BCUT2D eigenvalue weighted by atomic mass is 10.1. The van der Waals surface area contributed by atoms with Crippen LogP contribution < -0.4 is 15.0 Å². The van der Waals surface area contributed by atoms with E-state index in [9.17, 15) is 23.1 Å². The van der Waals surface area contributed by atoms with E-state index in [0.717, 1.165) is 12.1 Å². The van der Waals surface area contributed by atoms with E-state index in [2.05, 4.69) is 20.3 Å². The molecule has 0 aliphatic carbocycles. The number of amides is 1. The van der Waals surface area contributed by atoms with E-state index in [-0.39, 0.29) is 29.1 Å². The van der Waals surface area contributed by atoms with Crippen LogP contribution in [-0.4, -0.2) is 45.4 Å². The highest BCUT2D eigenvalue weighted by Crippen LogP contribution is 2.31. The summed E-state index contributed by atoms with van der Waals surface area (Å²) in [6.07, 6.45) is -1.01. The molecule has 0 radical (unpaired) electrons. The normalized spacial score (nSPS) is 12.2. The van der Waals surface area contributed by atoms with Gasteiger partial charge in [0.2, 0.25) is 0 Å². The summed E-state index contributed by atoms with van der Waals surface area (Å²) in [5.74, 6) is -0.883. The average Bonchev–Trinajstić information content (AvgIpc) is 3.26. The molecule has 11 heteroatoms. The molecular formula is C23H20F3N4O4+. The quantitative estimate of drug-likeness (QED) is 0.313. The van der Waals surface area contributed by atoms with Gasteiger partial charge in [0, 0.05) is 22.9 Å². The fourth-order valence-electron chi connectivity index (χ4n) is 3.31. The number of hydrogen-bond donors (Lipinski definition) is 4. The van der Waals surface area contributed by atoms with Crippen LogP contribution in [0.3, 0.4) is 0 Å². The van der Waals surface area contributed by atoms with Crippen LogP contribution in [0.25, 0.3) is 22.4 Å². The topological polar surface area (TPSA) is 122 Å². The number of carbonyl (C=O) groups excluding carboxylic acids is 1. The number of aromatic nitrogens is 3. The Morgan fingerprint density at radius 1 is 1.21 bits per heavy atom. The minimum atomic E-state index is -2.92. The Kier molecular flexibility index (Phi) is 6.75. The van der Waals surface area contributed by atoms with Gasteiger partial charge in [-0.15, -0.1) is 0 Å². The van der Waals surface area contributed by atoms with E-state index in [0.29, 0.717) is 17.0 Å². The summed E-state index contributed by atoms with van der Waals surface area (Å²) in [5, 5.41) is 21.0. The van der Waals surface area contributed by atoms with E-state index < -0.39 is 36.4 Å². The molecule has 2 heterocycles. The molecule has 0 spiro atoms. The first kappa shape index (κ1) is 23.2. The van der Waals surface area contributed by atoms with Crippen molar-refractivity contribution in [1.29, 1.82) is 0 Å². The van der Waals surface area contributed by atoms with E-state index in [1.54, 1.807) is 18.2 Å². The summed E-state index contributed by atoms with van der Waals surface area (Å²) in [4.78, 5) is 23.0. The molecule has 0 saturated heterocycles. The molecule has 0 aliphatic rings. The minimum absolute atomic E-state index is 0.0221. The number of aromatic amines is 2. The number of aliphatic hydroxyl groups excluding tert-OH is 2. The Hall–Kier alpha value is -3.96. The third-order valence-electron chi connectivity index (χ3n) is 4.94. The molecule has 8 nitrogen and oxygen atoms in total. The number of carbonyl (C=O) groups is 1. The van der Waals surface area contributed by atoms with Crippen molar-refractivity contribution in [3.63, 3.8) is 0 Å². The molecule has 176 valence electrons. The predicted molar refractivity (Wildman–Crippen MR) is 116 cm³/mol. The van der Waals surface area contributed by atoms with E-state index >= 15 is 0 Å². The second kappa shape index (κ2) is 9.89. The van der Waals surface area contributed by atoms with E-state index in [1.807, 2.05) is 0 Å². The van der Waals surface area contributed by atoms with Crippen LogP contribution in [0.2, 0.25) is 0 Å². The number of halogens is 3. The van der Waals surface area contributed by atoms with Gasteiger partial charge in [-0.3, -0.25) is 4.79 Å². The highest BCUT2D eigenvalue weighted by molar-refractivity contribution is 6.11. The van der Waals surface area contributed by atoms with Crippen molar-refractivity contribution in [1.82, 2.24) is 9.97 Å². The number of imidazole rings is 1. The largest absolute Gasteiger partial charge is 0.491 e. The number of nitrogens with one attached hydrogen (secondary N) is 3. The van der Waals surface area contributed by atoms with Crippen LogP contribution in [0, 0.1) is 5.82 Å². The maximum atomic E-state index is 13.5. The smallest absolute Gasteiger partial charge is 0.264 e. The Balaban J connectivity index is 1.61. The van der Waals surface area contributed by atoms with Crippen molar-refractivity contribution >= 4 is 22.6 Å². The number of anilines is 1. The second-order valence-corrected chi connectivity index (χ2v) is 7.38. The number of alkyl halides is 2. The second-order valence-electron chi connectivity index (χ2n) is 7.38. The number of nitrogens with zero attached hydrogens (tertiary/aromatic N) is 1. The molecule has 4 rings (SSSR count). The summed E-state index contributed by atoms with van der Waals surface area (Å²) >= 11 is 0. The molecule has 2 aromatic heterocycles. The number of rotatable bonds is 8. The number of fused-ring (bicyclic) bond motifs is 1. The van der Waals surface area contributed by atoms with Crippen LogP contribution in [0.1, 0.15) is 22.3 Å². The number of benzene rings is 2. The lowest BCUT2D eigenvalue weighted by Gasteiger charge is -2.11. The number of aliphatic hydroxyl groups is 2. The highest BCUT2D eigenvalue weighted by atomic mass is 19.3. The molecular weight excluding hydrogens is 453 g/mol. The van der Waals surface area contributed by atoms with Gasteiger partial charge in [0.1, 0.15) is 46.7 Å². The summed E-state index contributed by atoms with van der Waals surface area (Å²) < 4.78 is 45.7. The molecule has 0 saturated carbocycles. The van der Waals surface area contributed by atoms with Gasteiger partial charge in [0.15, 0.2) is 12.4 Å². The molecule has 1 atom stereocenters. The van der Waals surface area contributed by atoms with Gasteiger partial charge in [-0.05, 0) is 30.3 Å². The van der Waals surface area contributed by atoms with Crippen molar-refractivity contribution in [2.75, 3.05) is 18.5 Å². The van der Waals surface area contributed by atoms with E-state index in [1.165, 1.54) is 24.5 Å². The predicted octanol–water partition coefficient (Wildman–Crippen LogP) is 3.11. The molecule has 4 aromatic rings. The van der Waals surface area contributed by atoms with Gasteiger partial charge >= 0.3 is 0 Å².